The zero-order chi connectivity index (χ0) is 13.4. The first-order chi connectivity index (χ1) is 9.15. The normalized spacial score (nSPS) is 43.1. The molecular formula is C15H25NO3. The molecule has 0 aromatic heterocycles. The van der Waals surface area contributed by atoms with Crippen molar-refractivity contribution in [2.24, 2.45) is 17.8 Å². The summed E-state index contributed by atoms with van der Waals surface area (Å²) >= 11 is 0. The molecule has 3 rings (SSSR count). The molecule has 4 nitrogen and oxygen atoms in total. The van der Waals surface area contributed by atoms with Crippen molar-refractivity contribution in [3.05, 3.63) is 0 Å². The van der Waals surface area contributed by atoms with Crippen LogP contribution in [0.2, 0.25) is 0 Å². The summed E-state index contributed by atoms with van der Waals surface area (Å²) in [6.45, 7) is 0.620. The van der Waals surface area contributed by atoms with Crippen LogP contribution in [0.1, 0.15) is 44.9 Å². The molecule has 3 aliphatic rings. The minimum atomic E-state index is -0.755. The molecule has 19 heavy (non-hydrogen) atoms. The Kier molecular flexibility index (Phi) is 3.81. The maximum Gasteiger partial charge on any atom is 0.225 e. The third-order valence-electron chi connectivity index (χ3n) is 5.46. The summed E-state index contributed by atoms with van der Waals surface area (Å²) < 4.78 is 0. The van der Waals surface area contributed by atoms with E-state index in [2.05, 4.69) is 0 Å². The molecule has 1 amide bonds. The number of aliphatic hydroxyl groups is 2. The SMILES string of the molecule is O=C(C1CCC2CCCCC2C1)N1C[C@@H](O)[C@@H](O)C1. The Morgan fingerprint density at radius 2 is 1.53 bits per heavy atom. The number of hydrogen-bond acceptors (Lipinski definition) is 3. The molecule has 0 radical (unpaired) electrons. The first-order valence-corrected chi connectivity index (χ1v) is 7.80. The Morgan fingerprint density at radius 3 is 2.21 bits per heavy atom. The number of carbonyl (C=O) groups is 1. The summed E-state index contributed by atoms with van der Waals surface area (Å²) in [6.07, 6.45) is 7.05. The fraction of sp³-hybridized carbons (Fsp3) is 0.933. The molecule has 3 unspecified atom stereocenters. The molecule has 1 saturated heterocycles. The summed E-state index contributed by atoms with van der Waals surface area (Å²) in [7, 11) is 0. The number of β-amino-alcohol motifs (C(OH)–C–C–N with tert-alkyl or cyclic N) is 2. The number of carbonyl (C=O) groups excluding carboxylic acids is 1. The molecule has 4 heteroatoms. The lowest BCUT2D eigenvalue weighted by molar-refractivity contribution is -0.137. The maximum absolute atomic E-state index is 12.5. The van der Waals surface area contributed by atoms with Crippen molar-refractivity contribution in [1.29, 1.82) is 0 Å². The van der Waals surface area contributed by atoms with E-state index in [-0.39, 0.29) is 11.8 Å². The van der Waals surface area contributed by atoms with Gasteiger partial charge in [0.25, 0.3) is 0 Å². The van der Waals surface area contributed by atoms with Gasteiger partial charge in [0.05, 0.1) is 12.2 Å². The van der Waals surface area contributed by atoms with Gasteiger partial charge in [-0.05, 0) is 31.1 Å². The van der Waals surface area contributed by atoms with Gasteiger partial charge >= 0.3 is 0 Å². The average Bonchev–Trinajstić information content (AvgIpc) is 2.77. The molecule has 0 aromatic carbocycles. The highest BCUT2D eigenvalue weighted by Crippen LogP contribution is 2.43. The number of hydrogen-bond donors (Lipinski definition) is 2. The van der Waals surface area contributed by atoms with Gasteiger partial charge in [0.2, 0.25) is 5.91 Å². The van der Waals surface area contributed by atoms with Gasteiger partial charge in [0, 0.05) is 19.0 Å². The van der Waals surface area contributed by atoms with Gasteiger partial charge in [-0.3, -0.25) is 4.79 Å². The highest BCUT2D eigenvalue weighted by atomic mass is 16.3. The van der Waals surface area contributed by atoms with Gasteiger partial charge in [-0.2, -0.15) is 0 Å². The van der Waals surface area contributed by atoms with Gasteiger partial charge < -0.3 is 15.1 Å². The Hall–Kier alpha value is -0.610. The van der Waals surface area contributed by atoms with Gasteiger partial charge in [-0.15, -0.1) is 0 Å². The summed E-state index contributed by atoms with van der Waals surface area (Å²) in [5.41, 5.74) is 0. The second kappa shape index (κ2) is 5.41. The van der Waals surface area contributed by atoms with Crippen molar-refractivity contribution in [2.45, 2.75) is 57.2 Å². The molecule has 1 aliphatic heterocycles. The zero-order valence-corrected chi connectivity index (χ0v) is 11.5. The van der Waals surface area contributed by atoms with E-state index < -0.39 is 12.2 Å². The van der Waals surface area contributed by atoms with Crippen LogP contribution in [-0.4, -0.2) is 46.3 Å². The fourth-order valence-corrected chi connectivity index (χ4v) is 4.31. The van der Waals surface area contributed by atoms with Crippen LogP contribution in [0.15, 0.2) is 0 Å². The molecule has 5 atom stereocenters. The smallest absolute Gasteiger partial charge is 0.225 e. The van der Waals surface area contributed by atoms with Crippen LogP contribution < -0.4 is 0 Å². The number of amides is 1. The van der Waals surface area contributed by atoms with E-state index in [1.165, 1.54) is 32.1 Å². The zero-order valence-electron chi connectivity index (χ0n) is 11.5. The van der Waals surface area contributed by atoms with E-state index in [0.29, 0.717) is 13.1 Å². The molecule has 2 aliphatic carbocycles. The van der Waals surface area contributed by atoms with E-state index in [1.54, 1.807) is 4.90 Å². The molecular weight excluding hydrogens is 242 g/mol. The van der Waals surface area contributed by atoms with Crippen LogP contribution >= 0.6 is 0 Å². The van der Waals surface area contributed by atoms with E-state index >= 15 is 0 Å². The van der Waals surface area contributed by atoms with Gasteiger partial charge in [-0.1, -0.05) is 25.7 Å². The molecule has 3 fully saturated rings. The van der Waals surface area contributed by atoms with E-state index in [4.69, 9.17) is 0 Å². The molecule has 108 valence electrons. The highest BCUT2D eigenvalue weighted by molar-refractivity contribution is 5.79. The third-order valence-corrected chi connectivity index (χ3v) is 5.46. The highest BCUT2D eigenvalue weighted by Gasteiger charge is 2.39. The lowest BCUT2D eigenvalue weighted by Gasteiger charge is -2.39. The molecule has 0 spiro atoms. The van der Waals surface area contributed by atoms with Crippen molar-refractivity contribution >= 4 is 5.91 Å². The largest absolute Gasteiger partial charge is 0.388 e. The minimum absolute atomic E-state index is 0.136. The summed E-state index contributed by atoms with van der Waals surface area (Å²) in [5.74, 6) is 1.90. The van der Waals surface area contributed by atoms with Gasteiger partial charge in [-0.25, -0.2) is 0 Å². The summed E-state index contributed by atoms with van der Waals surface area (Å²) in [5, 5.41) is 19.1. The molecule has 0 aromatic rings. The van der Waals surface area contributed by atoms with Crippen molar-refractivity contribution in [3.8, 4) is 0 Å². The van der Waals surface area contributed by atoms with Crippen LogP contribution in [-0.2, 0) is 4.79 Å². The predicted molar refractivity (Wildman–Crippen MR) is 71.4 cm³/mol. The van der Waals surface area contributed by atoms with Crippen LogP contribution in [0.4, 0.5) is 0 Å². The van der Waals surface area contributed by atoms with Crippen LogP contribution in [0.3, 0.4) is 0 Å². The number of likely N-dealkylation sites (tertiary alicyclic amines) is 1. The second-order valence-electron chi connectivity index (χ2n) is 6.69. The minimum Gasteiger partial charge on any atom is -0.388 e. The van der Waals surface area contributed by atoms with E-state index in [1.807, 2.05) is 0 Å². The topological polar surface area (TPSA) is 60.8 Å². The van der Waals surface area contributed by atoms with E-state index in [0.717, 1.165) is 24.7 Å². The lowest BCUT2D eigenvalue weighted by Crippen LogP contribution is -2.39. The number of fused-ring (bicyclic) bond motifs is 1. The van der Waals surface area contributed by atoms with Crippen molar-refractivity contribution in [3.63, 3.8) is 0 Å². The van der Waals surface area contributed by atoms with Crippen LogP contribution in [0.25, 0.3) is 0 Å². The molecule has 0 bridgehead atoms. The Morgan fingerprint density at radius 1 is 0.895 bits per heavy atom. The second-order valence-corrected chi connectivity index (χ2v) is 6.69. The predicted octanol–water partition coefficient (Wildman–Crippen LogP) is 1.16. The van der Waals surface area contributed by atoms with Gasteiger partial charge in [0.1, 0.15) is 0 Å². The fourth-order valence-electron chi connectivity index (χ4n) is 4.31. The number of aliphatic hydroxyl groups excluding tert-OH is 2. The van der Waals surface area contributed by atoms with Crippen LogP contribution in [0.5, 0.6) is 0 Å². The third kappa shape index (κ3) is 2.65. The maximum atomic E-state index is 12.5. The van der Waals surface area contributed by atoms with Gasteiger partial charge in [0.15, 0.2) is 0 Å². The Balaban J connectivity index is 1.59. The van der Waals surface area contributed by atoms with Crippen LogP contribution in [0, 0.1) is 17.8 Å². The van der Waals surface area contributed by atoms with Crippen molar-refractivity contribution < 1.29 is 15.0 Å². The van der Waals surface area contributed by atoms with Crippen molar-refractivity contribution in [1.82, 2.24) is 4.90 Å². The number of nitrogens with zero attached hydrogens (tertiary/aromatic N) is 1. The lowest BCUT2D eigenvalue weighted by atomic mass is 9.67. The molecule has 1 heterocycles. The Labute approximate surface area is 114 Å². The summed E-state index contributed by atoms with van der Waals surface area (Å²) in [4.78, 5) is 14.1. The first kappa shape index (κ1) is 13.4. The standard InChI is InChI=1S/C15H25NO3/c17-13-8-16(9-14(13)18)15(19)12-6-5-10-3-1-2-4-11(10)7-12/h10-14,17-18H,1-9H2/t10?,11?,12?,13-,14+. The average molecular weight is 267 g/mol. The monoisotopic (exact) mass is 267 g/mol. The van der Waals surface area contributed by atoms with E-state index in [9.17, 15) is 15.0 Å². The van der Waals surface area contributed by atoms with Crippen molar-refractivity contribution in [2.75, 3.05) is 13.1 Å². The first-order valence-electron chi connectivity index (χ1n) is 7.80. The summed E-state index contributed by atoms with van der Waals surface area (Å²) in [6, 6.07) is 0. The molecule has 2 N–H and O–H groups in total. The molecule has 2 saturated carbocycles. The number of rotatable bonds is 1. The Bertz CT molecular complexity index is 336. The quantitative estimate of drug-likeness (QED) is 0.749.